The van der Waals surface area contributed by atoms with Crippen LogP contribution in [0.2, 0.25) is 0 Å². The zero-order valence-corrected chi connectivity index (χ0v) is 15.0. The van der Waals surface area contributed by atoms with E-state index in [9.17, 15) is 4.79 Å². The van der Waals surface area contributed by atoms with Crippen LogP contribution in [0.5, 0.6) is 0 Å². The Hall–Kier alpha value is -2.63. The van der Waals surface area contributed by atoms with Crippen molar-refractivity contribution in [1.82, 2.24) is 9.97 Å². The summed E-state index contributed by atoms with van der Waals surface area (Å²) >= 11 is 0. The summed E-state index contributed by atoms with van der Waals surface area (Å²) in [7, 11) is 0. The fourth-order valence-corrected chi connectivity index (χ4v) is 2.87. The van der Waals surface area contributed by atoms with Crippen LogP contribution in [0, 0.1) is 0 Å². The van der Waals surface area contributed by atoms with Crippen LogP contribution in [0.3, 0.4) is 0 Å². The number of urea groups is 1. The van der Waals surface area contributed by atoms with Crippen molar-refractivity contribution in [3.8, 4) is 0 Å². The fraction of sp³-hybridized carbons (Fsp3) is 0.421. The lowest BCUT2D eigenvalue weighted by atomic mass is 9.87. The third-order valence-corrected chi connectivity index (χ3v) is 4.33. The quantitative estimate of drug-likeness (QED) is 0.886. The molecule has 1 saturated heterocycles. The second kappa shape index (κ2) is 7.09. The van der Waals surface area contributed by atoms with Crippen LogP contribution < -0.4 is 15.5 Å². The fourth-order valence-electron chi connectivity index (χ4n) is 2.87. The van der Waals surface area contributed by atoms with Gasteiger partial charge in [-0.15, -0.1) is 0 Å². The van der Waals surface area contributed by atoms with Crippen molar-refractivity contribution < 1.29 is 4.79 Å². The first-order valence-corrected chi connectivity index (χ1v) is 8.67. The van der Waals surface area contributed by atoms with Crippen LogP contribution in [0.1, 0.15) is 39.2 Å². The third kappa shape index (κ3) is 4.47. The molecule has 2 amide bonds. The molecule has 0 saturated carbocycles. The van der Waals surface area contributed by atoms with Gasteiger partial charge in [0.05, 0.1) is 0 Å². The van der Waals surface area contributed by atoms with E-state index in [1.807, 2.05) is 30.3 Å². The number of amides is 2. The summed E-state index contributed by atoms with van der Waals surface area (Å²) in [6, 6.07) is 9.39. The monoisotopic (exact) mass is 339 g/mol. The van der Waals surface area contributed by atoms with E-state index in [-0.39, 0.29) is 11.4 Å². The Labute approximate surface area is 148 Å². The van der Waals surface area contributed by atoms with Gasteiger partial charge in [0.1, 0.15) is 18.0 Å². The van der Waals surface area contributed by atoms with E-state index in [0.717, 1.165) is 24.6 Å². The molecule has 1 aromatic heterocycles. The highest BCUT2D eigenvalue weighted by Crippen LogP contribution is 2.23. The maximum absolute atomic E-state index is 12.2. The summed E-state index contributed by atoms with van der Waals surface area (Å²) in [4.78, 5) is 22.8. The topological polar surface area (TPSA) is 70.2 Å². The second-order valence-electron chi connectivity index (χ2n) is 7.36. The maximum Gasteiger partial charge on any atom is 0.324 e. The molecule has 1 fully saturated rings. The number of nitrogens with one attached hydrogen (secondary N) is 2. The molecule has 25 heavy (non-hydrogen) atoms. The van der Waals surface area contributed by atoms with Crippen LogP contribution >= 0.6 is 0 Å². The molecule has 0 spiro atoms. The van der Waals surface area contributed by atoms with Crippen molar-refractivity contribution in [2.24, 2.45) is 0 Å². The molecule has 6 nitrogen and oxygen atoms in total. The van der Waals surface area contributed by atoms with Gasteiger partial charge in [-0.3, -0.25) is 5.32 Å². The van der Waals surface area contributed by atoms with Crippen molar-refractivity contribution in [1.29, 1.82) is 0 Å². The van der Waals surface area contributed by atoms with E-state index in [2.05, 4.69) is 46.3 Å². The number of carbonyl (C=O) groups is 1. The minimum atomic E-state index is -0.311. The average molecular weight is 339 g/mol. The molecule has 0 bridgehead atoms. The lowest BCUT2D eigenvalue weighted by Gasteiger charge is -2.19. The molecule has 1 aromatic carbocycles. The van der Waals surface area contributed by atoms with Crippen LogP contribution in [0.15, 0.2) is 36.7 Å². The normalized spacial score (nSPS) is 14.4. The number of carbonyl (C=O) groups excluding carboxylic acids is 1. The van der Waals surface area contributed by atoms with Gasteiger partial charge in [0.25, 0.3) is 0 Å². The first-order valence-electron chi connectivity index (χ1n) is 8.67. The van der Waals surface area contributed by atoms with Gasteiger partial charge in [-0.2, -0.15) is 0 Å². The van der Waals surface area contributed by atoms with Gasteiger partial charge in [-0.25, -0.2) is 14.8 Å². The number of aromatic nitrogens is 2. The highest BCUT2D eigenvalue weighted by molar-refractivity contribution is 5.99. The molecule has 132 valence electrons. The van der Waals surface area contributed by atoms with E-state index < -0.39 is 0 Å². The standard InChI is InChI=1S/C19H25N5O/c1-19(2,3)14-6-8-15(9-7-14)22-18(25)23-16-12-17(21-13-20-16)24-10-4-5-11-24/h6-9,12-13H,4-5,10-11H2,1-3H3,(H2,20,21,22,23,25). The van der Waals surface area contributed by atoms with Crippen LogP contribution in [0.4, 0.5) is 22.1 Å². The minimum Gasteiger partial charge on any atom is -0.356 e. The summed E-state index contributed by atoms with van der Waals surface area (Å²) < 4.78 is 0. The SMILES string of the molecule is CC(C)(C)c1ccc(NC(=O)Nc2cc(N3CCCC3)ncn2)cc1. The summed E-state index contributed by atoms with van der Waals surface area (Å²) in [6.07, 6.45) is 3.84. The largest absolute Gasteiger partial charge is 0.356 e. The molecule has 1 aliphatic heterocycles. The summed E-state index contributed by atoms with van der Waals surface area (Å²) in [5.41, 5.74) is 2.07. The molecular formula is C19H25N5O. The Balaban J connectivity index is 1.61. The van der Waals surface area contributed by atoms with E-state index in [1.54, 1.807) is 0 Å². The Morgan fingerprint density at radius 1 is 1.04 bits per heavy atom. The van der Waals surface area contributed by atoms with Gasteiger partial charge in [0.15, 0.2) is 0 Å². The summed E-state index contributed by atoms with van der Waals surface area (Å²) in [5.74, 6) is 1.36. The number of hydrogen-bond acceptors (Lipinski definition) is 4. The maximum atomic E-state index is 12.2. The Bertz CT molecular complexity index is 730. The molecule has 2 N–H and O–H groups in total. The van der Waals surface area contributed by atoms with Crippen LogP contribution in [0.25, 0.3) is 0 Å². The molecular weight excluding hydrogens is 314 g/mol. The van der Waals surface area contributed by atoms with Crippen molar-refractivity contribution in [3.63, 3.8) is 0 Å². The lowest BCUT2D eigenvalue weighted by molar-refractivity contribution is 0.262. The molecule has 0 unspecified atom stereocenters. The van der Waals surface area contributed by atoms with Gasteiger partial charge >= 0.3 is 6.03 Å². The molecule has 6 heteroatoms. The summed E-state index contributed by atoms with van der Waals surface area (Å²) in [5, 5.41) is 5.61. The Morgan fingerprint density at radius 2 is 1.72 bits per heavy atom. The second-order valence-corrected chi connectivity index (χ2v) is 7.36. The van der Waals surface area contributed by atoms with E-state index in [4.69, 9.17) is 0 Å². The van der Waals surface area contributed by atoms with Gasteiger partial charge in [-0.1, -0.05) is 32.9 Å². The number of nitrogens with zero attached hydrogens (tertiary/aromatic N) is 3. The number of hydrogen-bond donors (Lipinski definition) is 2. The zero-order valence-electron chi connectivity index (χ0n) is 15.0. The molecule has 0 atom stereocenters. The number of anilines is 3. The third-order valence-electron chi connectivity index (χ3n) is 4.33. The molecule has 0 aliphatic carbocycles. The number of benzene rings is 1. The molecule has 0 radical (unpaired) electrons. The van der Waals surface area contributed by atoms with Crippen molar-refractivity contribution in [2.45, 2.75) is 39.0 Å². The highest BCUT2D eigenvalue weighted by Gasteiger charge is 2.15. The molecule has 2 aromatic rings. The highest BCUT2D eigenvalue weighted by atomic mass is 16.2. The molecule has 1 aliphatic rings. The summed E-state index contributed by atoms with van der Waals surface area (Å²) in [6.45, 7) is 8.49. The van der Waals surface area contributed by atoms with Gasteiger partial charge in [-0.05, 0) is 36.0 Å². The molecule has 3 rings (SSSR count). The van der Waals surface area contributed by atoms with Crippen molar-refractivity contribution in [2.75, 3.05) is 28.6 Å². The predicted octanol–water partition coefficient (Wildman–Crippen LogP) is 4.02. The van der Waals surface area contributed by atoms with Gasteiger partial charge in [0.2, 0.25) is 0 Å². The van der Waals surface area contributed by atoms with Gasteiger partial charge < -0.3 is 10.2 Å². The Kier molecular flexibility index (Phi) is 4.88. The predicted molar refractivity (Wildman–Crippen MR) is 101 cm³/mol. The van der Waals surface area contributed by atoms with E-state index in [1.165, 1.54) is 24.7 Å². The van der Waals surface area contributed by atoms with E-state index in [0.29, 0.717) is 5.82 Å². The van der Waals surface area contributed by atoms with Crippen molar-refractivity contribution >= 4 is 23.4 Å². The minimum absolute atomic E-state index is 0.0910. The Morgan fingerprint density at radius 3 is 2.36 bits per heavy atom. The molecule has 2 heterocycles. The van der Waals surface area contributed by atoms with E-state index >= 15 is 0 Å². The van der Waals surface area contributed by atoms with Crippen LogP contribution in [-0.4, -0.2) is 29.1 Å². The lowest BCUT2D eigenvalue weighted by Crippen LogP contribution is -2.22. The zero-order chi connectivity index (χ0) is 17.9. The number of rotatable bonds is 3. The van der Waals surface area contributed by atoms with Gasteiger partial charge in [0, 0.05) is 24.8 Å². The first kappa shape index (κ1) is 17.2. The first-order chi connectivity index (χ1) is 11.9. The van der Waals surface area contributed by atoms with Crippen LogP contribution in [-0.2, 0) is 5.41 Å². The van der Waals surface area contributed by atoms with Crippen molar-refractivity contribution in [3.05, 3.63) is 42.2 Å². The average Bonchev–Trinajstić information content (AvgIpc) is 3.09. The smallest absolute Gasteiger partial charge is 0.324 e.